The summed E-state index contributed by atoms with van der Waals surface area (Å²) in [4.78, 5) is 0. The van der Waals surface area contributed by atoms with E-state index in [1.807, 2.05) is 0 Å². The zero-order valence-corrected chi connectivity index (χ0v) is 11.1. The summed E-state index contributed by atoms with van der Waals surface area (Å²) >= 11 is 0. The fraction of sp³-hybridized carbons (Fsp3) is 0.571. The van der Waals surface area contributed by atoms with Gasteiger partial charge in [0.2, 0.25) is 0 Å². The van der Waals surface area contributed by atoms with Crippen molar-refractivity contribution in [3.63, 3.8) is 0 Å². The van der Waals surface area contributed by atoms with Crippen molar-refractivity contribution in [2.24, 2.45) is 0 Å². The predicted molar refractivity (Wildman–Crippen MR) is 69.2 cm³/mol. The van der Waals surface area contributed by atoms with Crippen LogP contribution in [0.1, 0.15) is 29.0 Å². The van der Waals surface area contributed by atoms with E-state index in [1.165, 1.54) is 23.1 Å². The van der Waals surface area contributed by atoms with E-state index in [2.05, 4.69) is 25.2 Å². The topological polar surface area (TPSA) is 30.5 Å². The number of hydrogen-bond acceptors (Lipinski definition) is 3. The van der Waals surface area contributed by atoms with Gasteiger partial charge in [0.25, 0.3) is 0 Å². The number of hydrogen-bond donors (Lipinski definition) is 1. The molecule has 0 radical (unpaired) electrons. The van der Waals surface area contributed by atoms with Crippen LogP contribution in [0.2, 0.25) is 0 Å². The van der Waals surface area contributed by atoms with Crippen molar-refractivity contribution in [1.82, 2.24) is 5.32 Å². The van der Waals surface area contributed by atoms with Crippen molar-refractivity contribution in [2.45, 2.75) is 26.2 Å². The standard InChI is InChI=1S/C14H21NO2/c1-9-7-12(16-3)14(17-4)10(2)13(9)11-5-6-15-8-11/h7,11,15H,5-6,8H2,1-4H3. The molecule has 1 fully saturated rings. The summed E-state index contributed by atoms with van der Waals surface area (Å²) in [6.45, 7) is 6.46. The molecule has 17 heavy (non-hydrogen) atoms. The van der Waals surface area contributed by atoms with Crippen molar-refractivity contribution < 1.29 is 9.47 Å². The van der Waals surface area contributed by atoms with Crippen LogP contribution in [0, 0.1) is 13.8 Å². The number of benzene rings is 1. The molecule has 1 aromatic rings. The lowest BCUT2D eigenvalue weighted by atomic mass is 9.89. The Morgan fingerprint density at radius 1 is 1.24 bits per heavy atom. The Balaban J connectivity index is 2.51. The van der Waals surface area contributed by atoms with Gasteiger partial charge in [-0.05, 0) is 55.5 Å². The molecular formula is C14H21NO2. The maximum absolute atomic E-state index is 5.48. The molecule has 0 spiro atoms. The molecule has 2 rings (SSSR count). The van der Waals surface area contributed by atoms with Crippen molar-refractivity contribution in [3.8, 4) is 11.5 Å². The number of aryl methyl sites for hydroxylation is 1. The summed E-state index contributed by atoms with van der Waals surface area (Å²) in [5.41, 5.74) is 3.94. The van der Waals surface area contributed by atoms with E-state index in [1.54, 1.807) is 14.2 Å². The van der Waals surface area contributed by atoms with Crippen LogP contribution in [-0.2, 0) is 0 Å². The van der Waals surface area contributed by atoms with Gasteiger partial charge in [-0.3, -0.25) is 0 Å². The maximum Gasteiger partial charge on any atom is 0.163 e. The molecule has 1 aliphatic heterocycles. The van der Waals surface area contributed by atoms with Crippen LogP contribution in [0.4, 0.5) is 0 Å². The quantitative estimate of drug-likeness (QED) is 0.872. The Hall–Kier alpha value is -1.22. The normalized spacial score (nSPS) is 19.4. The van der Waals surface area contributed by atoms with Crippen molar-refractivity contribution in [2.75, 3.05) is 27.3 Å². The van der Waals surface area contributed by atoms with Gasteiger partial charge in [0.1, 0.15) is 0 Å². The second-order valence-corrected chi connectivity index (χ2v) is 4.66. The van der Waals surface area contributed by atoms with Gasteiger partial charge < -0.3 is 14.8 Å². The highest BCUT2D eigenvalue weighted by Gasteiger charge is 2.23. The highest BCUT2D eigenvalue weighted by atomic mass is 16.5. The van der Waals surface area contributed by atoms with Crippen LogP contribution < -0.4 is 14.8 Å². The van der Waals surface area contributed by atoms with E-state index in [4.69, 9.17) is 9.47 Å². The molecular weight excluding hydrogens is 214 g/mol. The highest BCUT2D eigenvalue weighted by Crippen LogP contribution is 2.39. The van der Waals surface area contributed by atoms with Crippen LogP contribution in [0.15, 0.2) is 6.07 Å². The zero-order chi connectivity index (χ0) is 12.4. The summed E-state index contributed by atoms with van der Waals surface area (Å²) in [5, 5.41) is 3.42. The van der Waals surface area contributed by atoms with Gasteiger partial charge in [0.15, 0.2) is 11.5 Å². The molecule has 1 unspecified atom stereocenters. The molecule has 3 heteroatoms. The first kappa shape index (κ1) is 12.2. The second kappa shape index (κ2) is 4.96. The molecule has 0 amide bonds. The Kier molecular flexibility index (Phi) is 3.57. The molecule has 3 nitrogen and oxygen atoms in total. The lowest BCUT2D eigenvalue weighted by Gasteiger charge is -2.20. The third kappa shape index (κ3) is 2.12. The number of methoxy groups -OCH3 is 2. The lowest BCUT2D eigenvalue weighted by Crippen LogP contribution is -2.10. The first-order valence-electron chi connectivity index (χ1n) is 6.11. The Bertz CT molecular complexity index is 409. The summed E-state index contributed by atoms with van der Waals surface area (Å²) in [7, 11) is 3.39. The molecule has 0 aliphatic carbocycles. The van der Waals surface area contributed by atoms with Crippen LogP contribution in [0.5, 0.6) is 11.5 Å². The molecule has 1 N–H and O–H groups in total. The van der Waals surface area contributed by atoms with E-state index in [0.717, 1.165) is 24.6 Å². The monoisotopic (exact) mass is 235 g/mol. The largest absolute Gasteiger partial charge is 0.493 e. The molecule has 1 aliphatic rings. The zero-order valence-electron chi connectivity index (χ0n) is 11.1. The SMILES string of the molecule is COc1cc(C)c(C2CCNC2)c(C)c1OC. The van der Waals surface area contributed by atoms with Crippen LogP contribution in [0.25, 0.3) is 0 Å². The summed E-state index contributed by atoms with van der Waals surface area (Å²) in [6.07, 6.45) is 1.21. The van der Waals surface area contributed by atoms with E-state index < -0.39 is 0 Å². The molecule has 1 aromatic carbocycles. The van der Waals surface area contributed by atoms with E-state index in [9.17, 15) is 0 Å². The molecule has 1 atom stereocenters. The Morgan fingerprint density at radius 2 is 2.00 bits per heavy atom. The van der Waals surface area contributed by atoms with Gasteiger partial charge in [-0.1, -0.05) is 0 Å². The minimum Gasteiger partial charge on any atom is -0.493 e. The molecule has 0 bridgehead atoms. The van der Waals surface area contributed by atoms with E-state index >= 15 is 0 Å². The van der Waals surface area contributed by atoms with E-state index in [0.29, 0.717) is 5.92 Å². The maximum atomic E-state index is 5.48. The number of ether oxygens (including phenoxy) is 2. The van der Waals surface area contributed by atoms with Gasteiger partial charge in [0, 0.05) is 6.54 Å². The number of rotatable bonds is 3. The van der Waals surface area contributed by atoms with Crippen molar-refractivity contribution in [3.05, 3.63) is 22.8 Å². The minimum atomic E-state index is 0.606. The van der Waals surface area contributed by atoms with Crippen LogP contribution >= 0.6 is 0 Å². The summed E-state index contributed by atoms with van der Waals surface area (Å²) in [5.74, 6) is 2.31. The van der Waals surface area contributed by atoms with Gasteiger partial charge >= 0.3 is 0 Å². The van der Waals surface area contributed by atoms with Gasteiger partial charge in [0.05, 0.1) is 14.2 Å². The minimum absolute atomic E-state index is 0.606. The van der Waals surface area contributed by atoms with Crippen LogP contribution in [-0.4, -0.2) is 27.3 Å². The van der Waals surface area contributed by atoms with Gasteiger partial charge in [-0.15, -0.1) is 0 Å². The first-order valence-corrected chi connectivity index (χ1v) is 6.11. The average molecular weight is 235 g/mol. The van der Waals surface area contributed by atoms with Gasteiger partial charge in [-0.25, -0.2) is 0 Å². The van der Waals surface area contributed by atoms with Gasteiger partial charge in [-0.2, -0.15) is 0 Å². The van der Waals surface area contributed by atoms with Crippen molar-refractivity contribution in [1.29, 1.82) is 0 Å². The smallest absolute Gasteiger partial charge is 0.163 e. The third-order valence-electron chi connectivity index (χ3n) is 3.63. The summed E-state index contributed by atoms with van der Waals surface area (Å²) in [6, 6.07) is 2.08. The first-order chi connectivity index (χ1) is 8.19. The fourth-order valence-electron chi connectivity index (χ4n) is 2.88. The van der Waals surface area contributed by atoms with Crippen LogP contribution in [0.3, 0.4) is 0 Å². The molecule has 0 saturated carbocycles. The lowest BCUT2D eigenvalue weighted by molar-refractivity contribution is 0.351. The summed E-state index contributed by atoms with van der Waals surface area (Å²) < 4.78 is 10.9. The molecule has 94 valence electrons. The molecule has 1 heterocycles. The molecule has 1 saturated heterocycles. The van der Waals surface area contributed by atoms with Crippen molar-refractivity contribution >= 4 is 0 Å². The Morgan fingerprint density at radius 3 is 2.53 bits per heavy atom. The Labute approximate surface area is 103 Å². The molecule has 0 aromatic heterocycles. The second-order valence-electron chi connectivity index (χ2n) is 4.66. The fourth-order valence-corrected chi connectivity index (χ4v) is 2.88. The third-order valence-corrected chi connectivity index (χ3v) is 3.63. The predicted octanol–water partition coefficient (Wildman–Crippen LogP) is 2.40. The number of nitrogens with one attached hydrogen (secondary N) is 1. The average Bonchev–Trinajstić information content (AvgIpc) is 2.82. The van der Waals surface area contributed by atoms with E-state index in [-0.39, 0.29) is 0 Å². The highest BCUT2D eigenvalue weighted by molar-refractivity contribution is 5.55.